The molecule has 0 saturated carbocycles. The zero-order chi connectivity index (χ0) is 23.6. The van der Waals surface area contributed by atoms with Gasteiger partial charge in [0.15, 0.2) is 11.6 Å². The number of carbonyl (C=O) groups is 1. The molecule has 2 aromatic carbocycles. The molecule has 178 valence electrons. The first-order valence-electron chi connectivity index (χ1n) is 11.1. The molecule has 0 radical (unpaired) electrons. The Hall–Kier alpha value is -2.62. The van der Waals surface area contributed by atoms with E-state index in [1.165, 1.54) is 17.0 Å². The molecule has 2 aliphatic rings. The van der Waals surface area contributed by atoms with Gasteiger partial charge in [-0.2, -0.15) is 0 Å². The van der Waals surface area contributed by atoms with E-state index in [9.17, 15) is 23.1 Å². The fourth-order valence-electron chi connectivity index (χ4n) is 4.26. The molecule has 6 nitrogen and oxygen atoms in total. The Morgan fingerprint density at radius 3 is 2.58 bits per heavy atom. The lowest BCUT2D eigenvalue weighted by Crippen LogP contribution is -2.67. The van der Waals surface area contributed by atoms with Crippen LogP contribution in [0.3, 0.4) is 0 Å². The Kier molecular flexibility index (Phi) is 6.92. The third kappa shape index (κ3) is 5.31. The quantitative estimate of drug-likeness (QED) is 0.587. The number of aliphatic hydroxyl groups is 1. The van der Waals surface area contributed by atoms with Crippen molar-refractivity contribution in [3.05, 3.63) is 58.9 Å². The minimum absolute atomic E-state index is 0.0595. The number of likely N-dealkylation sites (tertiary alicyclic amines) is 1. The second-order valence-electron chi connectivity index (χ2n) is 8.96. The number of rotatable bonds is 7. The summed E-state index contributed by atoms with van der Waals surface area (Å²) in [7, 11) is 0. The summed E-state index contributed by atoms with van der Waals surface area (Å²) in [6.07, 6.45) is 1.95. The van der Waals surface area contributed by atoms with Gasteiger partial charge < -0.3 is 25.4 Å². The highest BCUT2D eigenvalue weighted by atomic mass is 19.2. The largest absolute Gasteiger partial charge is 0.385 e. The van der Waals surface area contributed by atoms with Gasteiger partial charge in [0.1, 0.15) is 11.4 Å². The minimum Gasteiger partial charge on any atom is -0.385 e. The predicted octanol–water partition coefficient (Wildman–Crippen LogP) is 3.36. The van der Waals surface area contributed by atoms with Crippen molar-refractivity contribution < 1.29 is 27.8 Å². The van der Waals surface area contributed by atoms with Gasteiger partial charge in [0.2, 0.25) is 0 Å². The van der Waals surface area contributed by atoms with Crippen LogP contribution in [-0.2, 0) is 4.74 Å². The summed E-state index contributed by atoms with van der Waals surface area (Å²) >= 11 is 0. The van der Waals surface area contributed by atoms with Crippen LogP contribution in [0.1, 0.15) is 28.8 Å². The van der Waals surface area contributed by atoms with Crippen LogP contribution in [0.4, 0.5) is 24.5 Å². The fraction of sp³-hybridized carbons (Fsp3) is 0.458. The van der Waals surface area contributed by atoms with Gasteiger partial charge >= 0.3 is 0 Å². The minimum atomic E-state index is -1.27. The Balaban J connectivity index is 1.41. The first kappa shape index (κ1) is 23.5. The lowest BCUT2D eigenvalue weighted by Gasteiger charge is -2.47. The maximum atomic E-state index is 14.6. The molecule has 2 aliphatic heterocycles. The molecule has 3 N–H and O–H groups in total. The number of nitrogens with one attached hydrogen (secondary N) is 2. The van der Waals surface area contributed by atoms with E-state index in [1.54, 1.807) is 13.0 Å². The molecule has 0 spiro atoms. The number of β-amino-alcohol motifs (C(OH)–C–C–N with tert-alkyl or cyclic N) is 1. The smallest absolute Gasteiger partial charge is 0.256 e. The first-order chi connectivity index (χ1) is 15.8. The molecule has 33 heavy (non-hydrogen) atoms. The molecule has 0 aromatic heterocycles. The maximum absolute atomic E-state index is 14.6. The summed E-state index contributed by atoms with van der Waals surface area (Å²) in [5.74, 6) is -3.14. The number of benzene rings is 2. The summed E-state index contributed by atoms with van der Waals surface area (Å²) in [4.78, 5) is 14.4. The Morgan fingerprint density at radius 1 is 1.15 bits per heavy atom. The van der Waals surface area contributed by atoms with E-state index < -0.39 is 34.6 Å². The number of carbonyl (C=O) groups excluding carboxylic acids is 1. The second kappa shape index (κ2) is 9.70. The molecule has 2 saturated heterocycles. The van der Waals surface area contributed by atoms with Crippen molar-refractivity contribution in [1.82, 2.24) is 10.2 Å². The van der Waals surface area contributed by atoms with Gasteiger partial charge in [-0.3, -0.25) is 4.79 Å². The Labute approximate surface area is 190 Å². The van der Waals surface area contributed by atoms with Gasteiger partial charge in [-0.25, -0.2) is 13.2 Å². The summed E-state index contributed by atoms with van der Waals surface area (Å²) < 4.78 is 48.1. The first-order valence-corrected chi connectivity index (χ1v) is 11.1. The molecule has 2 fully saturated rings. The average molecular weight is 464 g/mol. The van der Waals surface area contributed by atoms with Gasteiger partial charge in [-0.15, -0.1) is 0 Å². The van der Waals surface area contributed by atoms with E-state index >= 15 is 0 Å². The monoisotopic (exact) mass is 463 g/mol. The Bertz CT molecular complexity index is 1020. The van der Waals surface area contributed by atoms with Crippen molar-refractivity contribution in [2.24, 2.45) is 5.92 Å². The molecule has 2 heterocycles. The zero-order valence-corrected chi connectivity index (χ0v) is 18.5. The van der Waals surface area contributed by atoms with E-state index in [4.69, 9.17) is 4.74 Å². The summed E-state index contributed by atoms with van der Waals surface area (Å²) in [5.41, 5.74) is -1.06. The van der Waals surface area contributed by atoms with Gasteiger partial charge in [0.25, 0.3) is 5.91 Å². The van der Waals surface area contributed by atoms with E-state index in [-0.39, 0.29) is 24.3 Å². The third-order valence-electron chi connectivity index (χ3n) is 6.20. The number of anilines is 2. The number of hydrogen-bond donors (Lipinski definition) is 3. The van der Waals surface area contributed by atoms with Crippen LogP contribution >= 0.6 is 0 Å². The predicted molar refractivity (Wildman–Crippen MR) is 118 cm³/mol. The van der Waals surface area contributed by atoms with Gasteiger partial charge in [0, 0.05) is 19.8 Å². The van der Waals surface area contributed by atoms with Crippen LogP contribution in [0.15, 0.2) is 30.3 Å². The number of hydrogen-bond acceptors (Lipinski definition) is 5. The van der Waals surface area contributed by atoms with Crippen LogP contribution in [-0.4, -0.2) is 60.9 Å². The standard InChI is InChI=1S/C24H28F3N3O3/c1-15-2-5-20(19(26)10-15)29-22-17(3-4-18(25)21(22)27)23(31)30-13-24(32,14-30)12-28-11-16-6-8-33-9-7-16/h2-5,10,16,28-29,32H,6-9,11-14H2,1H3. The van der Waals surface area contributed by atoms with Crippen LogP contribution in [0.5, 0.6) is 0 Å². The normalized spacial score (nSPS) is 18.2. The zero-order valence-electron chi connectivity index (χ0n) is 18.5. The molecule has 0 unspecified atom stereocenters. The van der Waals surface area contributed by atoms with Crippen LogP contribution in [0.25, 0.3) is 0 Å². The summed E-state index contributed by atoms with van der Waals surface area (Å²) in [5, 5.41) is 16.5. The lowest BCUT2D eigenvalue weighted by atomic mass is 9.92. The van der Waals surface area contributed by atoms with E-state index in [1.807, 2.05) is 0 Å². The molecule has 4 rings (SSSR count). The topological polar surface area (TPSA) is 73.8 Å². The molecule has 0 aliphatic carbocycles. The van der Waals surface area contributed by atoms with Crippen molar-refractivity contribution in [2.45, 2.75) is 25.4 Å². The highest BCUT2D eigenvalue weighted by Gasteiger charge is 2.44. The number of ether oxygens (including phenoxy) is 1. The average Bonchev–Trinajstić information content (AvgIpc) is 2.77. The molecule has 0 bridgehead atoms. The summed E-state index contributed by atoms with van der Waals surface area (Å²) in [6, 6.07) is 6.29. The number of amides is 1. The van der Waals surface area contributed by atoms with Crippen LogP contribution in [0, 0.1) is 30.3 Å². The van der Waals surface area contributed by atoms with Gasteiger partial charge in [-0.1, -0.05) is 6.07 Å². The fourth-order valence-corrected chi connectivity index (χ4v) is 4.26. The second-order valence-corrected chi connectivity index (χ2v) is 8.96. The van der Waals surface area contributed by atoms with Crippen molar-refractivity contribution in [3.8, 4) is 0 Å². The molecule has 1 amide bonds. The molecular weight excluding hydrogens is 435 g/mol. The van der Waals surface area contributed by atoms with Crippen molar-refractivity contribution >= 4 is 17.3 Å². The van der Waals surface area contributed by atoms with Crippen LogP contribution in [0.2, 0.25) is 0 Å². The molecular formula is C24H28F3N3O3. The van der Waals surface area contributed by atoms with Crippen molar-refractivity contribution in [1.29, 1.82) is 0 Å². The van der Waals surface area contributed by atoms with E-state index in [2.05, 4.69) is 10.6 Å². The van der Waals surface area contributed by atoms with E-state index in [0.717, 1.165) is 44.7 Å². The third-order valence-corrected chi connectivity index (χ3v) is 6.20. The number of nitrogens with zero attached hydrogens (tertiary/aromatic N) is 1. The molecule has 9 heteroatoms. The lowest BCUT2D eigenvalue weighted by molar-refractivity contribution is -0.0792. The van der Waals surface area contributed by atoms with Crippen molar-refractivity contribution in [2.75, 3.05) is 44.7 Å². The molecule has 2 aromatic rings. The number of halogens is 3. The van der Waals surface area contributed by atoms with Gasteiger partial charge in [-0.05, 0) is 62.1 Å². The van der Waals surface area contributed by atoms with Gasteiger partial charge in [0.05, 0.1) is 30.0 Å². The SMILES string of the molecule is Cc1ccc(Nc2c(C(=O)N3CC(O)(CNCC4CCOCC4)C3)ccc(F)c2F)c(F)c1. The highest BCUT2D eigenvalue weighted by Crippen LogP contribution is 2.31. The van der Waals surface area contributed by atoms with Crippen molar-refractivity contribution in [3.63, 3.8) is 0 Å². The molecule has 0 atom stereocenters. The van der Waals surface area contributed by atoms with Crippen LogP contribution < -0.4 is 10.6 Å². The number of aryl methyl sites for hydroxylation is 1. The van der Waals surface area contributed by atoms with E-state index in [0.29, 0.717) is 18.0 Å². The summed E-state index contributed by atoms with van der Waals surface area (Å²) in [6.45, 7) is 4.40. The Morgan fingerprint density at radius 2 is 1.88 bits per heavy atom. The maximum Gasteiger partial charge on any atom is 0.256 e. The highest BCUT2D eigenvalue weighted by molar-refractivity contribution is 6.01.